The molecule has 2 aromatic rings. The fourth-order valence-electron chi connectivity index (χ4n) is 8.33. The Kier molecular flexibility index (Phi) is 30.3. The second kappa shape index (κ2) is 35.1. The van der Waals surface area contributed by atoms with E-state index in [-0.39, 0.29) is 37.8 Å². The van der Waals surface area contributed by atoms with Gasteiger partial charge in [0.15, 0.2) is 5.60 Å². The van der Waals surface area contributed by atoms with Crippen LogP contribution in [-0.4, -0.2) is 49.5 Å². The number of terminal acetylenes is 1. The molecule has 0 saturated carbocycles. The van der Waals surface area contributed by atoms with Crippen molar-refractivity contribution in [1.82, 2.24) is 5.09 Å². The zero-order valence-electron chi connectivity index (χ0n) is 40.1. The number of hydrogen-bond acceptors (Lipinski definition) is 8. The molecule has 1 aliphatic heterocycles. The molecule has 0 amide bonds. The molecule has 0 radical (unpaired) electrons. The maximum atomic E-state index is 14.8. The molecule has 1 N–H and O–H groups in total. The normalized spacial score (nSPS) is 17.4. The Labute approximate surface area is 389 Å². The standard InChI is InChI=1S/C54H86NO8P/c1-4-7-9-11-13-15-17-18-19-20-21-22-23-24-26-28-36-42-52(56)62-51-43-45-60-54(51,6-3)47-61-64(58,63-49-40-34-31-35-41-49)55-50(46-48-38-32-30-33-39-48)53(57)59-44-37-29-27-25-16-14-12-10-8-5-2/h3,30-35,38-41,50-51H,4-5,7-29,36-37,42-47H2,1-2H3,(H,55,58)/t50-,51?,54?,64-/m0/s1. The molecule has 1 heterocycles. The molecule has 1 saturated heterocycles. The molecule has 9 nitrogen and oxygen atoms in total. The van der Waals surface area contributed by atoms with E-state index in [0.717, 1.165) is 44.1 Å². The Morgan fingerprint density at radius 3 is 1.67 bits per heavy atom. The van der Waals surface area contributed by atoms with Crippen molar-refractivity contribution in [3.8, 4) is 18.1 Å². The van der Waals surface area contributed by atoms with Crippen LogP contribution in [0.25, 0.3) is 0 Å². The van der Waals surface area contributed by atoms with E-state index in [1.54, 1.807) is 24.3 Å². The molecule has 1 aliphatic rings. The molecular formula is C54H86NO8P. The fourth-order valence-corrected chi connectivity index (χ4v) is 9.85. The van der Waals surface area contributed by atoms with Crippen LogP contribution in [0.2, 0.25) is 0 Å². The number of ether oxygens (including phenoxy) is 3. The SMILES string of the molecule is C#CC1(CO[P@@](=O)(N[C@@H](Cc2ccccc2)C(=O)OCCCCCCCCCCCC)Oc2ccccc2)OCCC1OC(=O)CCCCCCCCCCCCCCCCCCC. The van der Waals surface area contributed by atoms with Crippen molar-refractivity contribution in [1.29, 1.82) is 0 Å². The lowest BCUT2D eigenvalue weighted by Gasteiger charge is -2.31. The van der Waals surface area contributed by atoms with E-state index in [9.17, 15) is 14.2 Å². The third-order valence-corrected chi connectivity index (χ3v) is 13.9. The monoisotopic (exact) mass is 908 g/mol. The van der Waals surface area contributed by atoms with Gasteiger partial charge in [0.25, 0.3) is 0 Å². The highest BCUT2D eigenvalue weighted by atomic mass is 31.2. The van der Waals surface area contributed by atoms with Gasteiger partial charge in [0.05, 0.1) is 13.2 Å². The van der Waals surface area contributed by atoms with Crippen LogP contribution in [0.1, 0.15) is 206 Å². The summed E-state index contributed by atoms with van der Waals surface area (Å²) in [6.07, 6.45) is 39.4. The van der Waals surface area contributed by atoms with Gasteiger partial charge in [0, 0.05) is 12.8 Å². The minimum Gasteiger partial charge on any atom is -0.465 e. The summed E-state index contributed by atoms with van der Waals surface area (Å²) in [6.45, 7) is 4.60. The van der Waals surface area contributed by atoms with Gasteiger partial charge >= 0.3 is 19.7 Å². The second-order valence-corrected chi connectivity index (χ2v) is 19.6. The Bertz CT molecular complexity index is 1570. The number of unbranched alkanes of at least 4 members (excludes halogenated alkanes) is 25. The molecule has 0 bridgehead atoms. The van der Waals surface area contributed by atoms with E-state index in [0.29, 0.717) is 6.42 Å². The summed E-state index contributed by atoms with van der Waals surface area (Å²) in [5.41, 5.74) is -0.653. The lowest BCUT2D eigenvalue weighted by atomic mass is 9.99. The molecule has 4 atom stereocenters. The number of nitrogens with one attached hydrogen (secondary N) is 1. The highest BCUT2D eigenvalue weighted by Gasteiger charge is 2.48. The van der Waals surface area contributed by atoms with Crippen LogP contribution < -0.4 is 9.61 Å². The Hall–Kier alpha value is -3.15. The van der Waals surface area contributed by atoms with Crippen LogP contribution in [0, 0.1) is 12.3 Å². The maximum absolute atomic E-state index is 14.8. The van der Waals surface area contributed by atoms with E-state index in [1.165, 1.54) is 135 Å². The summed E-state index contributed by atoms with van der Waals surface area (Å²) >= 11 is 0. The van der Waals surface area contributed by atoms with Crippen LogP contribution >= 0.6 is 7.75 Å². The van der Waals surface area contributed by atoms with Crippen molar-refractivity contribution in [3.05, 3.63) is 66.2 Å². The topological polar surface area (TPSA) is 109 Å². The third-order valence-electron chi connectivity index (χ3n) is 12.3. The van der Waals surface area contributed by atoms with Crippen molar-refractivity contribution in [2.24, 2.45) is 0 Å². The number of carbonyl (C=O) groups is 2. The van der Waals surface area contributed by atoms with Gasteiger partial charge in [-0.2, -0.15) is 5.09 Å². The van der Waals surface area contributed by atoms with Gasteiger partial charge in [-0.05, 0) is 37.0 Å². The zero-order valence-corrected chi connectivity index (χ0v) is 40.9. The second-order valence-electron chi connectivity index (χ2n) is 18.0. The number of esters is 2. The quantitative estimate of drug-likeness (QED) is 0.0302. The molecule has 64 heavy (non-hydrogen) atoms. The molecule has 360 valence electrons. The highest BCUT2D eigenvalue weighted by molar-refractivity contribution is 7.52. The van der Waals surface area contributed by atoms with Crippen LogP contribution in [0.5, 0.6) is 5.75 Å². The van der Waals surface area contributed by atoms with Gasteiger partial charge in [-0.25, -0.2) is 4.57 Å². The first-order chi connectivity index (χ1) is 31.3. The first-order valence-electron chi connectivity index (χ1n) is 25.6. The smallest absolute Gasteiger partial charge is 0.459 e. The summed E-state index contributed by atoms with van der Waals surface area (Å²) in [7, 11) is -4.34. The van der Waals surface area contributed by atoms with Gasteiger partial charge in [-0.15, -0.1) is 6.42 Å². The van der Waals surface area contributed by atoms with E-state index in [1.807, 2.05) is 36.4 Å². The molecule has 0 spiro atoms. The average molecular weight is 908 g/mol. The predicted molar refractivity (Wildman–Crippen MR) is 261 cm³/mol. The van der Waals surface area contributed by atoms with Crippen LogP contribution in [0.3, 0.4) is 0 Å². The lowest BCUT2D eigenvalue weighted by molar-refractivity contribution is -0.156. The molecule has 10 heteroatoms. The number of hydrogen-bond donors (Lipinski definition) is 1. The van der Waals surface area contributed by atoms with E-state index < -0.39 is 38.1 Å². The number of benzene rings is 2. The summed E-state index contributed by atoms with van der Waals surface area (Å²) in [4.78, 5) is 26.8. The summed E-state index contributed by atoms with van der Waals surface area (Å²) in [5, 5.41) is 2.92. The molecule has 2 unspecified atom stereocenters. The van der Waals surface area contributed by atoms with Crippen molar-refractivity contribution in [2.75, 3.05) is 19.8 Å². The molecular weight excluding hydrogens is 822 g/mol. The summed E-state index contributed by atoms with van der Waals surface area (Å²) in [5.74, 6) is 2.03. The predicted octanol–water partition coefficient (Wildman–Crippen LogP) is 14.6. The highest BCUT2D eigenvalue weighted by Crippen LogP contribution is 2.47. The maximum Gasteiger partial charge on any atom is 0.459 e. The van der Waals surface area contributed by atoms with Gasteiger partial charge in [-0.3, -0.25) is 14.1 Å². The van der Waals surface area contributed by atoms with E-state index in [2.05, 4.69) is 24.9 Å². The molecule has 3 rings (SSSR count). The Morgan fingerprint density at radius 2 is 1.17 bits per heavy atom. The van der Waals surface area contributed by atoms with Crippen molar-refractivity contribution in [3.63, 3.8) is 0 Å². The van der Waals surface area contributed by atoms with Crippen molar-refractivity contribution < 1.29 is 37.4 Å². The molecule has 0 aliphatic carbocycles. The third kappa shape index (κ3) is 24.4. The average Bonchev–Trinajstić information content (AvgIpc) is 3.70. The van der Waals surface area contributed by atoms with Gasteiger partial charge in [0.1, 0.15) is 24.5 Å². The van der Waals surface area contributed by atoms with Crippen LogP contribution in [0.4, 0.5) is 0 Å². The lowest BCUT2D eigenvalue weighted by Crippen LogP contribution is -2.46. The van der Waals surface area contributed by atoms with Crippen LogP contribution in [-0.2, 0) is 39.3 Å². The van der Waals surface area contributed by atoms with Crippen molar-refractivity contribution >= 4 is 19.7 Å². The summed E-state index contributed by atoms with van der Waals surface area (Å²) in [6, 6.07) is 17.0. The van der Waals surface area contributed by atoms with E-state index in [4.69, 9.17) is 29.7 Å². The van der Waals surface area contributed by atoms with E-state index >= 15 is 0 Å². The largest absolute Gasteiger partial charge is 0.465 e. The number of para-hydroxylation sites is 1. The zero-order chi connectivity index (χ0) is 45.8. The van der Waals surface area contributed by atoms with Gasteiger partial charge in [0.2, 0.25) is 0 Å². The first-order valence-corrected chi connectivity index (χ1v) is 27.2. The van der Waals surface area contributed by atoms with Crippen LogP contribution in [0.15, 0.2) is 60.7 Å². The van der Waals surface area contributed by atoms with Gasteiger partial charge in [-0.1, -0.05) is 229 Å². The fraction of sp³-hybridized carbons (Fsp3) is 0.704. The first kappa shape index (κ1) is 55.2. The number of carbonyl (C=O) groups excluding carboxylic acids is 2. The summed E-state index contributed by atoms with van der Waals surface area (Å²) < 4.78 is 44.6. The van der Waals surface area contributed by atoms with Crippen molar-refractivity contribution in [2.45, 2.75) is 224 Å². The molecule has 0 aromatic heterocycles. The minimum atomic E-state index is -4.34. The Morgan fingerprint density at radius 1 is 0.703 bits per heavy atom. The number of rotatable bonds is 40. The molecule has 2 aromatic carbocycles. The molecule has 1 fully saturated rings. The minimum absolute atomic E-state index is 0.180. The Balaban J connectivity index is 1.48. The van der Waals surface area contributed by atoms with Gasteiger partial charge < -0.3 is 18.7 Å².